The number of carbonyl (C=O) groups excluding carboxylic acids is 2. The molecule has 1 aliphatic carbocycles. The number of aryl methyl sites for hydroxylation is 1. The Morgan fingerprint density at radius 3 is 2.51 bits per heavy atom. The van der Waals surface area contributed by atoms with Crippen molar-refractivity contribution in [2.45, 2.75) is 31.1 Å². The van der Waals surface area contributed by atoms with E-state index in [0.717, 1.165) is 17.3 Å². The number of primary amides is 1. The van der Waals surface area contributed by atoms with Gasteiger partial charge in [0.05, 0.1) is 11.6 Å². The van der Waals surface area contributed by atoms with E-state index in [1.807, 2.05) is 6.07 Å². The molecule has 2 amide bonds. The van der Waals surface area contributed by atoms with Crippen molar-refractivity contribution < 1.29 is 27.5 Å². The van der Waals surface area contributed by atoms with E-state index in [4.69, 9.17) is 17.3 Å². The summed E-state index contributed by atoms with van der Waals surface area (Å²) in [6, 6.07) is 15.0. The van der Waals surface area contributed by atoms with Gasteiger partial charge >= 0.3 is 6.18 Å². The molecule has 182 valence electrons. The molecule has 1 aromatic heterocycles. The minimum Gasteiger partial charge on any atom is -0.468 e. The average Bonchev–Trinajstić information content (AvgIpc) is 3.23. The fourth-order valence-corrected chi connectivity index (χ4v) is 4.45. The number of aromatic nitrogens is 1. The third-order valence-electron chi connectivity index (χ3n) is 5.75. The number of rotatable bonds is 7. The van der Waals surface area contributed by atoms with Gasteiger partial charge in [-0.05, 0) is 47.7 Å². The highest BCUT2D eigenvalue weighted by Gasteiger charge is 2.39. The molecule has 0 bridgehead atoms. The van der Waals surface area contributed by atoms with E-state index < -0.39 is 36.7 Å². The quantitative estimate of drug-likeness (QED) is 0.490. The molecule has 35 heavy (non-hydrogen) atoms. The number of carbonyl (C=O) groups is 2. The van der Waals surface area contributed by atoms with Crippen molar-refractivity contribution in [2.24, 2.45) is 5.73 Å². The van der Waals surface area contributed by atoms with Crippen molar-refractivity contribution in [1.29, 1.82) is 0 Å². The average molecular weight is 504 g/mol. The van der Waals surface area contributed by atoms with Gasteiger partial charge in [0.1, 0.15) is 6.04 Å². The van der Waals surface area contributed by atoms with Crippen LogP contribution >= 0.6 is 11.6 Å². The minimum absolute atomic E-state index is 0.0713. The molecule has 2 N–H and O–H groups in total. The number of halogens is 4. The Kier molecular flexibility index (Phi) is 6.98. The van der Waals surface area contributed by atoms with Gasteiger partial charge in [-0.2, -0.15) is 13.2 Å². The number of nitrogens with zero attached hydrogens (tertiary/aromatic N) is 2. The topological polar surface area (TPSA) is 85.5 Å². The van der Waals surface area contributed by atoms with Crippen LogP contribution in [0.2, 0.25) is 5.02 Å². The molecule has 0 saturated heterocycles. The van der Waals surface area contributed by atoms with Crippen molar-refractivity contribution in [2.75, 3.05) is 6.61 Å². The molecule has 0 fully saturated rings. The first-order valence-corrected chi connectivity index (χ1v) is 11.1. The number of pyridine rings is 1. The predicted molar refractivity (Wildman–Crippen MR) is 123 cm³/mol. The van der Waals surface area contributed by atoms with Gasteiger partial charge in [0, 0.05) is 17.3 Å². The van der Waals surface area contributed by atoms with Crippen LogP contribution in [-0.4, -0.2) is 34.5 Å². The number of ether oxygens (including phenoxy) is 1. The maximum Gasteiger partial charge on any atom is 0.422 e. The van der Waals surface area contributed by atoms with E-state index in [1.165, 1.54) is 17.0 Å². The lowest BCUT2D eigenvalue weighted by molar-refractivity contribution is -0.154. The number of amides is 2. The van der Waals surface area contributed by atoms with Crippen LogP contribution in [0, 0.1) is 0 Å². The normalized spacial score (nSPS) is 15.8. The Hall–Kier alpha value is -3.59. The predicted octanol–water partition coefficient (Wildman–Crippen LogP) is 5.03. The molecule has 0 spiro atoms. The molecule has 2 aromatic carbocycles. The van der Waals surface area contributed by atoms with Gasteiger partial charge < -0.3 is 15.4 Å². The molecular weight excluding hydrogens is 483 g/mol. The van der Waals surface area contributed by atoms with E-state index in [1.54, 1.807) is 42.5 Å². The second-order valence-corrected chi connectivity index (χ2v) is 8.55. The molecular formula is C25H21ClF3N3O3. The number of hydrogen-bond acceptors (Lipinski definition) is 4. The fraction of sp³-hybridized carbons (Fsp3) is 0.240. The minimum atomic E-state index is -4.52. The maximum absolute atomic E-state index is 13.8. The molecule has 2 atom stereocenters. The zero-order chi connectivity index (χ0) is 25.2. The van der Waals surface area contributed by atoms with Gasteiger partial charge in [0.25, 0.3) is 5.91 Å². The molecule has 10 heteroatoms. The van der Waals surface area contributed by atoms with Gasteiger partial charge in [-0.15, -0.1) is 0 Å². The van der Waals surface area contributed by atoms with Crippen molar-refractivity contribution >= 4 is 23.4 Å². The monoisotopic (exact) mass is 503 g/mol. The van der Waals surface area contributed by atoms with E-state index >= 15 is 0 Å². The summed E-state index contributed by atoms with van der Waals surface area (Å²) in [4.78, 5) is 31.8. The Bertz CT molecular complexity index is 1220. The van der Waals surface area contributed by atoms with Gasteiger partial charge in [-0.25, -0.2) is 4.98 Å². The summed E-state index contributed by atoms with van der Waals surface area (Å²) in [6.07, 6.45) is -2.19. The second kappa shape index (κ2) is 9.95. The van der Waals surface area contributed by atoms with Crippen molar-refractivity contribution in [3.8, 4) is 5.88 Å². The standard InChI is InChI=1S/C25H21ClF3N3O3/c26-18-9-6-15-7-10-20(19(15)12-18)32(22(23(30)33)16-4-2-1-3-5-16)24(34)17-8-11-21(31-13-17)35-14-25(27,28)29/h1-6,8-9,11-13,20,22H,7,10,14H2,(H2,30,33)/t20-,22-/m1/s1. The lowest BCUT2D eigenvalue weighted by atomic mass is 9.98. The summed E-state index contributed by atoms with van der Waals surface area (Å²) in [6.45, 7) is -1.50. The first-order valence-electron chi connectivity index (χ1n) is 10.7. The van der Waals surface area contributed by atoms with E-state index in [9.17, 15) is 22.8 Å². The Labute approximate surface area is 204 Å². The van der Waals surface area contributed by atoms with Crippen molar-refractivity contribution in [3.63, 3.8) is 0 Å². The van der Waals surface area contributed by atoms with Crippen molar-refractivity contribution in [1.82, 2.24) is 9.88 Å². The van der Waals surface area contributed by atoms with Crippen molar-refractivity contribution in [3.05, 3.63) is 94.1 Å². The number of nitrogens with two attached hydrogens (primary N) is 1. The molecule has 0 saturated carbocycles. The highest BCUT2D eigenvalue weighted by Crippen LogP contribution is 2.42. The van der Waals surface area contributed by atoms with Crippen LogP contribution in [0.3, 0.4) is 0 Å². The molecule has 1 heterocycles. The molecule has 3 aromatic rings. The van der Waals surface area contributed by atoms with Crippen LogP contribution in [0.5, 0.6) is 5.88 Å². The van der Waals surface area contributed by atoms with Gasteiger partial charge in [0.2, 0.25) is 11.8 Å². The largest absolute Gasteiger partial charge is 0.468 e. The second-order valence-electron chi connectivity index (χ2n) is 8.11. The summed E-state index contributed by atoms with van der Waals surface area (Å²) < 4.78 is 41.9. The summed E-state index contributed by atoms with van der Waals surface area (Å²) >= 11 is 6.23. The Balaban J connectivity index is 1.73. The van der Waals surface area contributed by atoms with E-state index in [2.05, 4.69) is 9.72 Å². The van der Waals surface area contributed by atoms with E-state index in [-0.39, 0.29) is 11.4 Å². The van der Waals surface area contributed by atoms with Crippen LogP contribution in [0.15, 0.2) is 66.9 Å². The lowest BCUT2D eigenvalue weighted by Gasteiger charge is -2.36. The molecule has 6 nitrogen and oxygen atoms in total. The van der Waals surface area contributed by atoms with Crippen LogP contribution in [0.25, 0.3) is 0 Å². The van der Waals surface area contributed by atoms with E-state index in [0.29, 0.717) is 23.4 Å². The molecule has 4 rings (SSSR count). The van der Waals surface area contributed by atoms with Gasteiger partial charge in [-0.1, -0.05) is 48.0 Å². The smallest absolute Gasteiger partial charge is 0.422 e. The van der Waals surface area contributed by atoms with Crippen LogP contribution in [0.1, 0.15) is 45.6 Å². The molecule has 1 aliphatic rings. The number of benzene rings is 2. The molecule has 0 unspecified atom stereocenters. The third-order valence-corrected chi connectivity index (χ3v) is 5.99. The number of fused-ring (bicyclic) bond motifs is 1. The number of alkyl halides is 3. The van der Waals surface area contributed by atoms with Gasteiger partial charge in [-0.3, -0.25) is 9.59 Å². The van der Waals surface area contributed by atoms with Crippen LogP contribution in [-0.2, 0) is 11.2 Å². The SMILES string of the molecule is NC(=O)[C@@H](c1ccccc1)N(C(=O)c1ccc(OCC(F)(F)F)nc1)[C@@H]1CCc2ccc(Cl)cc21. The van der Waals surface area contributed by atoms with Crippen LogP contribution < -0.4 is 10.5 Å². The zero-order valence-corrected chi connectivity index (χ0v) is 19.1. The third kappa shape index (κ3) is 5.57. The Morgan fingerprint density at radius 1 is 1.14 bits per heavy atom. The molecule has 0 aliphatic heterocycles. The highest BCUT2D eigenvalue weighted by atomic mass is 35.5. The number of hydrogen-bond donors (Lipinski definition) is 1. The summed E-state index contributed by atoms with van der Waals surface area (Å²) in [5.74, 6) is -1.55. The first-order chi connectivity index (χ1) is 16.6. The zero-order valence-electron chi connectivity index (χ0n) is 18.3. The van der Waals surface area contributed by atoms with Crippen LogP contribution in [0.4, 0.5) is 13.2 Å². The Morgan fingerprint density at radius 2 is 1.89 bits per heavy atom. The fourth-order valence-electron chi connectivity index (χ4n) is 4.27. The summed E-state index contributed by atoms with van der Waals surface area (Å²) in [5, 5.41) is 0.492. The summed E-state index contributed by atoms with van der Waals surface area (Å²) in [5.41, 5.74) is 8.22. The van der Waals surface area contributed by atoms with Gasteiger partial charge in [0.15, 0.2) is 6.61 Å². The first kappa shape index (κ1) is 24.5. The lowest BCUT2D eigenvalue weighted by Crippen LogP contribution is -2.43. The maximum atomic E-state index is 13.8. The molecule has 0 radical (unpaired) electrons. The highest BCUT2D eigenvalue weighted by molar-refractivity contribution is 6.30. The summed E-state index contributed by atoms with van der Waals surface area (Å²) in [7, 11) is 0.